The van der Waals surface area contributed by atoms with Crippen molar-refractivity contribution in [1.29, 1.82) is 0 Å². The van der Waals surface area contributed by atoms with Crippen molar-refractivity contribution in [1.82, 2.24) is 15.1 Å². The highest BCUT2D eigenvalue weighted by Crippen LogP contribution is 2.33. The highest BCUT2D eigenvalue weighted by Gasteiger charge is 2.21. The first-order valence-corrected chi connectivity index (χ1v) is 9.47. The number of aliphatic imine (C=N–C) groups is 1. The quantitative estimate of drug-likeness (QED) is 0.596. The van der Waals surface area contributed by atoms with Gasteiger partial charge in [0.2, 0.25) is 0 Å². The van der Waals surface area contributed by atoms with E-state index in [9.17, 15) is 0 Å². The first kappa shape index (κ1) is 20.4. The summed E-state index contributed by atoms with van der Waals surface area (Å²) in [6, 6.07) is 4.75. The van der Waals surface area contributed by atoms with Crippen LogP contribution in [-0.4, -0.2) is 69.2 Å². The number of nitrogens with one attached hydrogen (secondary N) is 1. The molecule has 0 bridgehead atoms. The summed E-state index contributed by atoms with van der Waals surface area (Å²) in [6.07, 6.45) is 0.976. The Labute approximate surface area is 158 Å². The van der Waals surface area contributed by atoms with E-state index in [1.54, 1.807) is 14.2 Å². The number of hydrogen-bond acceptors (Lipinski definition) is 4. The zero-order valence-electron chi connectivity index (χ0n) is 17.1. The van der Waals surface area contributed by atoms with E-state index >= 15 is 0 Å². The zero-order chi connectivity index (χ0) is 19.1. The summed E-state index contributed by atoms with van der Waals surface area (Å²) >= 11 is 0. The molecule has 1 aromatic rings. The summed E-state index contributed by atoms with van der Waals surface area (Å²) in [5.74, 6) is 2.55. The third-order valence-electron chi connectivity index (χ3n) is 5.05. The van der Waals surface area contributed by atoms with E-state index in [0.717, 1.165) is 56.6 Å². The maximum absolute atomic E-state index is 5.46. The normalized spacial score (nSPS) is 14.6. The predicted octanol–water partition coefficient (Wildman–Crippen LogP) is 2.37. The minimum absolute atomic E-state index is 0.563. The molecule has 1 aliphatic heterocycles. The molecule has 0 saturated heterocycles. The van der Waals surface area contributed by atoms with Crippen molar-refractivity contribution in [2.75, 3.05) is 47.4 Å². The number of likely N-dealkylation sites (N-methyl/N-ethyl adjacent to an activating group) is 1. The van der Waals surface area contributed by atoms with Gasteiger partial charge in [0.15, 0.2) is 17.5 Å². The van der Waals surface area contributed by atoms with Crippen molar-refractivity contribution >= 4 is 5.96 Å². The Balaban J connectivity index is 2.01. The molecule has 26 heavy (non-hydrogen) atoms. The van der Waals surface area contributed by atoms with Gasteiger partial charge >= 0.3 is 0 Å². The van der Waals surface area contributed by atoms with Gasteiger partial charge in [0.25, 0.3) is 0 Å². The van der Waals surface area contributed by atoms with Crippen LogP contribution in [0, 0.1) is 0 Å². The van der Waals surface area contributed by atoms with Crippen molar-refractivity contribution in [3.63, 3.8) is 0 Å². The highest BCUT2D eigenvalue weighted by atomic mass is 16.5. The van der Waals surface area contributed by atoms with Crippen LogP contribution >= 0.6 is 0 Å². The standard InChI is InChI=1S/C20H34N4O2/c1-7-23(15(2)3)11-9-22-20(21-4)24-10-8-16-12-18(25-5)19(26-6)13-17(16)14-24/h12-13,15H,7-11,14H2,1-6H3,(H,21,22). The predicted molar refractivity (Wildman–Crippen MR) is 107 cm³/mol. The van der Waals surface area contributed by atoms with Crippen LogP contribution in [0.4, 0.5) is 0 Å². The largest absolute Gasteiger partial charge is 0.493 e. The molecule has 2 rings (SSSR count). The summed E-state index contributed by atoms with van der Waals surface area (Å²) in [6.45, 7) is 11.4. The molecule has 0 unspecified atom stereocenters. The van der Waals surface area contributed by atoms with E-state index in [1.165, 1.54) is 11.1 Å². The molecular formula is C20H34N4O2. The molecule has 0 radical (unpaired) electrons. The Morgan fingerprint density at radius 3 is 2.42 bits per heavy atom. The van der Waals surface area contributed by atoms with Gasteiger partial charge in [0, 0.05) is 39.3 Å². The fraction of sp³-hybridized carbons (Fsp3) is 0.650. The van der Waals surface area contributed by atoms with E-state index in [2.05, 4.69) is 53.0 Å². The topological polar surface area (TPSA) is 49.3 Å². The minimum atomic E-state index is 0.563. The average molecular weight is 363 g/mol. The van der Waals surface area contributed by atoms with Crippen molar-refractivity contribution < 1.29 is 9.47 Å². The van der Waals surface area contributed by atoms with Crippen LogP contribution in [-0.2, 0) is 13.0 Å². The molecule has 1 heterocycles. The molecule has 0 aromatic heterocycles. The number of benzene rings is 1. The molecule has 6 heteroatoms. The highest BCUT2D eigenvalue weighted by molar-refractivity contribution is 5.80. The van der Waals surface area contributed by atoms with Crippen LogP contribution in [0.1, 0.15) is 31.9 Å². The molecule has 0 atom stereocenters. The van der Waals surface area contributed by atoms with Crippen LogP contribution in [0.25, 0.3) is 0 Å². The van der Waals surface area contributed by atoms with Crippen LogP contribution < -0.4 is 14.8 Å². The first-order valence-electron chi connectivity index (χ1n) is 9.47. The number of rotatable bonds is 7. The molecule has 1 aliphatic rings. The van der Waals surface area contributed by atoms with Gasteiger partial charge < -0.3 is 19.7 Å². The number of guanidine groups is 1. The Bertz CT molecular complexity index is 616. The molecule has 1 aromatic carbocycles. The first-order chi connectivity index (χ1) is 12.5. The number of hydrogen-bond donors (Lipinski definition) is 1. The van der Waals surface area contributed by atoms with E-state index < -0.39 is 0 Å². The third kappa shape index (κ3) is 4.81. The van der Waals surface area contributed by atoms with Gasteiger partial charge in [-0.1, -0.05) is 6.92 Å². The number of methoxy groups -OCH3 is 2. The lowest BCUT2D eigenvalue weighted by Gasteiger charge is -2.33. The Kier molecular flexibility index (Phi) is 7.57. The molecular weight excluding hydrogens is 328 g/mol. The van der Waals surface area contributed by atoms with Crippen LogP contribution in [0.5, 0.6) is 11.5 Å². The SMILES string of the molecule is CCN(CCNC(=NC)N1CCc2cc(OC)c(OC)cc2C1)C(C)C. The second-order valence-corrected chi connectivity index (χ2v) is 6.84. The summed E-state index contributed by atoms with van der Waals surface area (Å²) in [5.41, 5.74) is 2.60. The lowest BCUT2D eigenvalue weighted by Crippen LogP contribution is -2.46. The molecule has 1 N–H and O–H groups in total. The van der Waals surface area contributed by atoms with E-state index in [1.807, 2.05) is 7.05 Å². The molecule has 0 saturated carbocycles. The smallest absolute Gasteiger partial charge is 0.194 e. The average Bonchev–Trinajstić information content (AvgIpc) is 2.66. The monoisotopic (exact) mass is 362 g/mol. The Hall–Kier alpha value is -1.95. The maximum Gasteiger partial charge on any atom is 0.194 e. The number of nitrogens with zero attached hydrogens (tertiary/aromatic N) is 3. The van der Waals surface area contributed by atoms with Crippen LogP contribution in [0.2, 0.25) is 0 Å². The lowest BCUT2D eigenvalue weighted by molar-refractivity contribution is 0.236. The fourth-order valence-corrected chi connectivity index (χ4v) is 3.49. The molecule has 0 fully saturated rings. The summed E-state index contributed by atoms with van der Waals surface area (Å²) in [5, 5.41) is 3.52. The minimum Gasteiger partial charge on any atom is -0.493 e. The van der Waals surface area contributed by atoms with Gasteiger partial charge in [-0.3, -0.25) is 9.89 Å². The second-order valence-electron chi connectivity index (χ2n) is 6.84. The lowest BCUT2D eigenvalue weighted by atomic mass is 9.99. The van der Waals surface area contributed by atoms with Crippen LogP contribution in [0.3, 0.4) is 0 Å². The van der Waals surface area contributed by atoms with Crippen LogP contribution in [0.15, 0.2) is 17.1 Å². The molecule has 0 amide bonds. The van der Waals surface area contributed by atoms with Crippen molar-refractivity contribution in [3.8, 4) is 11.5 Å². The van der Waals surface area contributed by atoms with E-state index in [4.69, 9.17) is 9.47 Å². The van der Waals surface area contributed by atoms with Gasteiger partial charge in [0.1, 0.15) is 0 Å². The van der Waals surface area contributed by atoms with Crippen molar-refractivity contribution in [2.24, 2.45) is 4.99 Å². The van der Waals surface area contributed by atoms with Crippen molar-refractivity contribution in [2.45, 2.75) is 39.8 Å². The zero-order valence-corrected chi connectivity index (χ0v) is 17.1. The van der Waals surface area contributed by atoms with Crippen molar-refractivity contribution in [3.05, 3.63) is 23.3 Å². The van der Waals surface area contributed by atoms with Gasteiger partial charge in [-0.25, -0.2) is 0 Å². The Morgan fingerprint density at radius 2 is 1.88 bits per heavy atom. The second kappa shape index (κ2) is 9.67. The molecule has 6 nitrogen and oxygen atoms in total. The molecule has 146 valence electrons. The fourth-order valence-electron chi connectivity index (χ4n) is 3.49. The van der Waals surface area contributed by atoms with Gasteiger partial charge in [-0.05, 0) is 50.1 Å². The van der Waals surface area contributed by atoms with E-state index in [0.29, 0.717) is 6.04 Å². The molecule has 0 spiro atoms. The van der Waals surface area contributed by atoms with Gasteiger partial charge in [-0.2, -0.15) is 0 Å². The number of fused-ring (bicyclic) bond motifs is 1. The summed E-state index contributed by atoms with van der Waals surface area (Å²) in [4.78, 5) is 9.24. The maximum atomic E-state index is 5.46. The Morgan fingerprint density at radius 1 is 1.23 bits per heavy atom. The number of ether oxygens (including phenoxy) is 2. The third-order valence-corrected chi connectivity index (χ3v) is 5.05. The van der Waals surface area contributed by atoms with E-state index in [-0.39, 0.29) is 0 Å². The summed E-state index contributed by atoms with van der Waals surface area (Å²) in [7, 11) is 5.22. The van der Waals surface area contributed by atoms with Gasteiger partial charge in [-0.15, -0.1) is 0 Å². The molecule has 0 aliphatic carbocycles. The summed E-state index contributed by atoms with van der Waals surface area (Å²) < 4.78 is 10.9. The van der Waals surface area contributed by atoms with Gasteiger partial charge in [0.05, 0.1) is 14.2 Å².